The Morgan fingerprint density at radius 2 is 1.74 bits per heavy atom. The number of nitrogens with zero attached hydrogens (tertiary/aromatic N) is 1. The van der Waals surface area contributed by atoms with Crippen LogP contribution in [0.4, 0.5) is 0 Å². The van der Waals surface area contributed by atoms with Crippen LogP contribution in [0.3, 0.4) is 0 Å². The van der Waals surface area contributed by atoms with Crippen molar-refractivity contribution in [3.63, 3.8) is 0 Å². The van der Waals surface area contributed by atoms with Gasteiger partial charge in [0.05, 0.1) is 0 Å². The fraction of sp³-hybridized carbons (Fsp3) is 1.00. The van der Waals surface area contributed by atoms with Gasteiger partial charge >= 0.3 is 0 Å². The molecule has 110 valence electrons. The Hall–Kier alpha value is -0.0800. The van der Waals surface area contributed by atoms with E-state index in [0.717, 1.165) is 30.0 Å². The zero-order valence-electron chi connectivity index (χ0n) is 12.9. The van der Waals surface area contributed by atoms with Crippen LogP contribution in [-0.4, -0.2) is 36.6 Å². The number of hydrogen-bond acceptors (Lipinski definition) is 2. The van der Waals surface area contributed by atoms with Crippen LogP contribution in [0.15, 0.2) is 0 Å². The second-order valence-corrected chi connectivity index (χ2v) is 7.52. The van der Waals surface area contributed by atoms with Gasteiger partial charge in [0.25, 0.3) is 0 Å². The standard InChI is InChI=1S/C17H32N2/c1-13-7-3-6-10-17(13)19(2)12-15-11-14-8-4-5-9-16(14)18-15/h13-18H,3-12H2,1-2H3. The molecule has 0 spiro atoms. The van der Waals surface area contributed by atoms with Crippen LogP contribution < -0.4 is 5.32 Å². The Labute approximate surface area is 119 Å². The summed E-state index contributed by atoms with van der Waals surface area (Å²) in [6, 6.07) is 2.47. The summed E-state index contributed by atoms with van der Waals surface area (Å²) in [6.45, 7) is 3.74. The van der Waals surface area contributed by atoms with Gasteiger partial charge in [-0.3, -0.25) is 0 Å². The van der Waals surface area contributed by atoms with Gasteiger partial charge in [-0.1, -0.05) is 32.6 Å². The lowest BCUT2D eigenvalue weighted by atomic mass is 9.84. The van der Waals surface area contributed by atoms with E-state index in [-0.39, 0.29) is 0 Å². The number of rotatable bonds is 3. The van der Waals surface area contributed by atoms with E-state index >= 15 is 0 Å². The smallest absolute Gasteiger partial charge is 0.0200 e. The van der Waals surface area contributed by atoms with E-state index in [2.05, 4.69) is 24.2 Å². The molecule has 1 heterocycles. The first-order chi connectivity index (χ1) is 9.24. The maximum atomic E-state index is 3.94. The van der Waals surface area contributed by atoms with Gasteiger partial charge in [-0.05, 0) is 51.0 Å². The normalized spacial score (nSPS) is 43.4. The Balaban J connectivity index is 1.50. The lowest BCUT2D eigenvalue weighted by molar-refractivity contribution is 0.129. The van der Waals surface area contributed by atoms with Crippen LogP contribution in [0.5, 0.6) is 0 Å². The van der Waals surface area contributed by atoms with Crippen molar-refractivity contribution < 1.29 is 0 Å². The highest BCUT2D eigenvalue weighted by atomic mass is 15.2. The predicted octanol–water partition coefficient (Wildman–Crippen LogP) is 3.42. The number of likely N-dealkylation sites (N-methyl/N-ethyl adjacent to an activating group) is 1. The second kappa shape index (κ2) is 6.13. The minimum absolute atomic E-state index is 0.771. The van der Waals surface area contributed by atoms with Crippen molar-refractivity contribution in [3.8, 4) is 0 Å². The van der Waals surface area contributed by atoms with E-state index < -0.39 is 0 Å². The molecule has 5 unspecified atom stereocenters. The SMILES string of the molecule is CC1CCCCC1N(C)CC1CC2CCCCC2N1. The van der Waals surface area contributed by atoms with E-state index in [1.165, 1.54) is 64.3 Å². The molecule has 1 N–H and O–H groups in total. The zero-order valence-corrected chi connectivity index (χ0v) is 12.9. The zero-order chi connectivity index (χ0) is 13.2. The summed E-state index contributed by atoms with van der Waals surface area (Å²) in [5, 5.41) is 3.94. The summed E-state index contributed by atoms with van der Waals surface area (Å²) in [6.07, 6.45) is 13.1. The average molecular weight is 264 g/mol. The maximum Gasteiger partial charge on any atom is 0.0200 e. The van der Waals surface area contributed by atoms with Crippen LogP contribution in [0.1, 0.15) is 64.7 Å². The van der Waals surface area contributed by atoms with Crippen LogP contribution in [0, 0.1) is 11.8 Å². The number of hydrogen-bond donors (Lipinski definition) is 1. The van der Waals surface area contributed by atoms with E-state index in [1.54, 1.807) is 0 Å². The molecular weight excluding hydrogens is 232 g/mol. The van der Waals surface area contributed by atoms with Gasteiger partial charge in [0.15, 0.2) is 0 Å². The van der Waals surface area contributed by atoms with E-state index in [9.17, 15) is 0 Å². The molecule has 0 aromatic heterocycles. The highest BCUT2D eigenvalue weighted by molar-refractivity contribution is 4.94. The fourth-order valence-electron chi connectivity index (χ4n) is 5.01. The van der Waals surface area contributed by atoms with Gasteiger partial charge in [-0.25, -0.2) is 0 Å². The molecule has 2 nitrogen and oxygen atoms in total. The first-order valence-corrected chi connectivity index (χ1v) is 8.70. The molecule has 0 radical (unpaired) electrons. The van der Waals surface area contributed by atoms with Crippen molar-refractivity contribution in [2.45, 2.75) is 82.8 Å². The van der Waals surface area contributed by atoms with Gasteiger partial charge in [-0.15, -0.1) is 0 Å². The maximum absolute atomic E-state index is 3.94. The molecular formula is C17H32N2. The molecule has 0 amide bonds. The minimum atomic E-state index is 0.771. The summed E-state index contributed by atoms with van der Waals surface area (Å²) in [5.41, 5.74) is 0. The first-order valence-electron chi connectivity index (χ1n) is 8.70. The molecule has 3 aliphatic rings. The van der Waals surface area contributed by atoms with E-state index in [0.29, 0.717) is 0 Å². The summed E-state index contributed by atoms with van der Waals surface area (Å²) < 4.78 is 0. The van der Waals surface area contributed by atoms with Gasteiger partial charge in [0, 0.05) is 24.7 Å². The number of fused-ring (bicyclic) bond motifs is 1. The Morgan fingerprint density at radius 1 is 1.00 bits per heavy atom. The van der Waals surface area contributed by atoms with Crippen LogP contribution >= 0.6 is 0 Å². The Kier molecular flexibility index (Phi) is 4.48. The van der Waals surface area contributed by atoms with Crippen molar-refractivity contribution in [2.75, 3.05) is 13.6 Å². The molecule has 19 heavy (non-hydrogen) atoms. The molecule has 3 fully saturated rings. The summed E-state index contributed by atoms with van der Waals surface area (Å²) in [7, 11) is 2.37. The van der Waals surface area contributed by atoms with Crippen molar-refractivity contribution in [3.05, 3.63) is 0 Å². The second-order valence-electron chi connectivity index (χ2n) is 7.52. The van der Waals surface area contributed by atoms with Crippen molar-refractivity contribution in [1.82, 2.24) is 10.2 Å². The highest BCUT2D eigenvalue weighted by Gasteiger charge is 2.36. The minimum Gasteiger partial charge on any atom is -0.310 e. The van der Waals surface area contributed by atoms with Gasteiger partial charge in [0.1, 0.15) is 0 Å². The molecule has 0 aromatic rings. The van der Waals surface area contributed by atoms with Crippen molar-refractivity contribution >= 4 is 0 Å². The summed E-state index contributed by atoms with van der Waals surface area (Å²) in [4.78, 5) is 2.68. The average Bonchev–Trinajstić information content (AvgIpc) is 2.81. The highest BCUT2D eigenvalue weighted by Crippen LogP contribution is 2.34. The van der Waals surface area contributed by atoms with Crippen LogP contribution in [-0.2, 0) is 0 Å². The van der Waals surface area contributed by atoms with Gasteiger partial charge in [0.2, 0.25) is 0 Å². The van der Waals surface area contributed by atoms with E-state index in [1.807, 2.05) is 0 Å². The van der Waals surface area contributed by atoms with Gasteiger partial charge in [-0.2, -0.15) is 0 Å². The molecule has 2 saturated carbocycles. The summed E-state index contributed by atoms with van der Waals surface area (Å²) in [5.74, 6) is 1.90. The fourth-order valence-corrected chi connectivity index (χ4v) is 5.01. The molecule has 1 saturated heterocycles. The Bertz CT molecular complexity index is 277. The molecule has 2 aliphatic carbocycles. The number of nitrogens with one attached hydrogen (secondary N) is 1. The third kappa shape index (κ3) is 3.16. The van der Waals surface area contributed by atoms with Crippen molar-refractivity contribution in [2.24, 2.45) is 11.8 Å². The largest absolute Gasteiger partial charge is 0.310 e. The monoisotopic (exact) mass is 264 g/mol. The summed E-state index contributed by atoms with van der Waals surface area (Å²) >= 11 is 0. The third-order valence-electron chi connectivity index (χ3n) is 6.09. The van der Waals surface area contributed by atoms with Crippen LogP contribution in [0.25, 0.3) is 0 Å². The lowest BCUT2D eigenvalue weighted by Gasteiger charge is -2.37. The van der Waals surface area contributed by atoms with Crippen LogP contribution in [0.2, 0.25) is 0 Å². The molecule has 2 heteroatoms. The lowest BCUT2D eigenvalue weighted by Crippen LogP contribution is -2.45. The quantitative estimate of drug-likeness (QED) is 0.840. The molecule has 0 bridgehead atoms. The predicted molar refractivity (Wildman–Crippen MR) is 81.3 cm³/mol. The van der Waals surface area contributed by atoms with Crippen molar-refractivity contribution in [1.29, 1.82) is 0 Å². The molecule has 3 rings (SSSR count). The van der Waals surface area contributed by atoms with Gasteiger partial charge < -0.3 is 10.2 Å². The molecule has 0 aromatic carbocycles. The Morgan fingerprint density at radius 3 is 2.53 bits per heavy atom. The first kappa shape index (κ1) is 13.9. The van der Waals surface area contributed by atoms with E-state index in [4.69, 9.17) is 0 Å². The topological polar surface area (TPSA) is 15.3 Å². The third-order valence-corrected chi connectivity index (χ3v) is 6.09. The molecule has 5 atom stereocenters. The molecule has 1 aliphatic heterocycles.